The van der Waals surface area contributed by atoms with E-state index in [1.54, 1.807) is 17.0 Å². The number of hydrogen-bond donors (Lipinski definition) is 1. The first-order valence-corrected chi connectivity index (χ1v) is 8.21. The quantitative estimate of drug-likeness (QED) is 0.874. The largest absolute Gasteiger partial charge is 0.352 e. The van der Waals surface area contributed by atoms with E-state index in [1.807, 2.05) is 13.8 Å². The van der Waals surface area contributed by atoms with E-state index in [9.17, 15) is 13.2 Å². The molecule has 1 amide bonds. The highest BCUT2D eigenvalue weighted by Crippen LogP contribution is 2.14. The highest BCUT2D eigenvalue weighted by atomic mass is 32.2. The van der Waals surface area contributed by atoms with Crippen LogP contribution in [0.4, 0.5) is 0 Å². The molecular weight excluding hydrogens is 266 g/mol. The van der Waals surface area contributed by atoms with Gasteiger partial charge in [0.2, 0.25) is 5.91 Å². The second-order valence-electron chi connectivity index (χ2n) is 4.99. The number of aromatic nitrogens is 2. The molecule has 0 radical (unpaired) electrons. The van der Waals surface area contributed by atoms with Crippen LogP contribution in [0.25, 0.3) is 0 Å². The van der Waals surface area contributed by atoms with Gasteiger partial charge in [-0.15, -0.1) is 0 Å². The summed E-state index contributed by atoms with van der Waals surface area (Å²) in [5, 5.41) is 2.92. The molecule has 2 heterocycles. The van der Waals surface area contributed by atoms with Gasteiger partial charge in [-0.3, -0.25) is 4.79 Å². The van der Waals surface area contributed by atoms with Crippen molar-refractivity contribution in [1.82, 2.24) is 14.9 Å². The van der Waals surface area contributed by atoms with Gasteiger partial charge in [0.05, 0.1) is 11.5 Å². The monoisotopic (exact) mass is 285 g/mol. The second kappa shape index (κ2) is 5.32. The Kier molecular flexibility index (Phi) is 3.93. The van der Waals surface area contributed by atoms with Crippen molar-refractivity contribution in [3.05, 3.63) is 18.2 Å². The Labute approximate surface area is 113 Å². The lowest BCUT2D eigenvalue weighted by atomic mass is 10.1. The molecule has 7 heteroatoms. The van der Waals surface area contributed by atoms with Gasteiger partial charge in [-0.05, 0) is 26.7 Å². The third-order valence-corrected chi connectivity index (χ3v) is 5.28. The van der Waals surface area contributed by atoms with Crippen LogP contribution in [-0.4, -0.2) is 41.4 Å². The van der Waals surface area contributed by atoms with E-state index in [1.165, 1.54) is 0 Å². The highest BCUT2D eigenvalue weighted by molar-refractivity contribution is 7.91. The number of amides is 1. The number of imidazole rings is 1. The van der Waals surface area contributed by atoms with Crippen molar-refractivity contribution in [2.45, 2.75) is 38.8 Å². The molecule has 1 fully saturated rings. The molecule has 1 aliphatic heterocycles. The molecule has 1 atom stereocenters. The van der Waals surface area contributed by atoms with Crippen molar-refractivity contribution in [3.8, 4) is 0 Å². The molecule has 0 saturated carbocycles. The van der Waals surface area contributed by atoms with E-state index >= 15 is 0 Å². The summed E-state index contributed by atoms with van der Waals surface area (Å²) < 4.78 is 24.4. The van der Waals surface area contributed by atoms with E-state index in [2.05, 4.69) is 10.3 Å². The minimum Gasteiger partial charge on any atom is -0.352 e. The van der Waals surface area contributed by atoms with Crippen molar-refractivity contribution in [2.75, 3.05) is 11.5 Å². The first-order valence-electron chi connectivity index (χ1n) is 6.39. The third-order valence-electron chi connectivity index (χ3n) is 3.56. The summed E-state index contributed by atoms with van der Waals surface area (Å²) in [5.41, 5.74) is 0. The molecule has 1 unspecified atom stereocenters. The van der Waals surface area contributed by atoms with Crippen LogP contribution in [0.2, 0.25) is 0 Å². The van der Waals surface area contributed by atoms with Gasteiger partial charge < -0.3 is 9.88 Å². The Bertz CT molecular complexity index is 551. The van der Waals surface area contributed by atoms with Crippen molar-refractivity contribution in [1.29, 1.82) is 0 Å². The fourth-order valence-electron chi connectivity index (χ4n) is 2.28. The number of hydrogen-bond acceptors (Lipinski definition) is 4. The smallest absolute Gasteiger partial charge is 0.243 e. The zero-order valence-corrected chi connectivity index (χ0v) is 12.0. The summed E-state index contributed by atoms with van der Waals surface area (Å²) in [6, 6.07) is -0.372. The maximum absolute atomic E-state index is 12.1. The minimum atomic E-state index is -2.89. The average molecular weight is 285 g/mol. The van der Waals surface area contributed by atoms with E-state index in [0.29, 0.717) is 12.8 Å². The van der Waals surface area contributed by atoms with Crippen LogP contribution < -0.4 is 5.32 Å². The standard InChI is InChI=1S/C12H19N3O3S/c1-9(15-6-5-13-10(15)2)12(16)14-11-3-7-19(17,18)8-4-11/h5-6,9,11H,3-4,7-8H2,1-2H3,(H,14,16). The van der Waals surface area contributed by atoms with Crippen LogP contribution in [-0.2, 0) is 14.6 Å². The molecule has 19 heavy (non-hydrogen) atoms. The number of rotatable bonds is 3. The maximum Gasteiger partial charge on any atom is 0.243 e. The fraction of sp³-hybridized carbons (Fsp3) is 0.667. The predicted molar refractivity (Wildman–Crippen MR) is 71.5 cm³/mol. The van der Waals surface area contributed by atoms with E-state index in [-0.39, 0.29) is 29.5 Å². The topological polar surface area (TPSA) is 81.1 Å². The molecule has 1 aliphatic rings. The van der Waals surface area contributed by atoms with Gasteiger partial charge in [0.1, 0.15) is 21.7 Å². The number of sulfone groups is 1. The van der Waals surface area contributed by atoms with Crippen LogP contribution in [0, 0.1) is 6.92 Å². The number of nitrogens with one attached hydrogen (secondary N) is 1. The maximum atomic E-state index is 12.1. The van der Waals surface area contributed by atoms with E-state index in [0.717, 1.165) is 5.82 Å². The third kappa shape index (κ3) is 3.34. The predicted octanol–water partition coefficient (Wildman–Crippen LogP) is 0.446. The van der Waals surface area contributed by atoms with Crippen LogP contribution >= 0.6 is 0 Å². The number of aryl methyl sites for hydroxylation is 1. The molecular formula is C12H19N3O3S. The lowest BCUT2D eigenvalue weighted by molar-refractivity contribution is -0.124. The summed E-state index contributed by atoms with van der Waals surface area (Å²) in [5.74, 6) is 1.02. The molecule has 1 N–H and O–H groups in total. The van der Waals surface area contributed by atoms with Crippen molar-refractivity contribution < 1.29 is 13.2 Å². The van der Waals surface area contributed by atoms with Crippen LogP contribution in [0.5, 0.6) is 0 Å². The number of carbonyl (C=O) groups is 1. The van der Waals surface area contributed by atoms with Gasteiger partial charge in [-0.25, -0.2) is 13.4 Å². The van der Waals surface area contributed by atoms with Gasteiger partial charge in [0.15, 0.2) is 0 Å². The molecule has 1 aromatic rings. The molecule has 0 aromatic carbocycles. The Morgan fingerprint density at radius 2 is 2.11 bits per heavy atom. The average Bonchev–Trinajstić information content (AvgIpc) is 2.77. The Morgan fingerprint density at radius 3 is 2.63 bits per heavy atom. The van der Waals surface area contributed by atoms with Crippen molar-refractivity contribution in [3.63, 3.8) is 0 Å². The fourth-order valence-corrected chi connectivity index (χ4v) is 3.77. The van der Waals surface area contributed by atoms with Crippen LogP contribution in [0.1, 0.15) is 31.6 Å². The zero-order valence-electron chi connectivity index (χ0n) is 11.2. The number of carbonyl (C=O) groups excluding carboxylic acids is 1. The van der Waals surface area contributed by atoms with Gasteiger partial charge in [0.25, 0.3) is 0 Å². The lowest BCUT2D eigenvalue weighted by Gasteiger charge is -2.25. The summed E-state index contributed by atoms with van der Waals surface area (Å²) in [6.07, 6.45) is 4.44. The summed E-state index contributed by atoms with van der Waals surface area (Å²) in [4.78, 5) is 16.2. The van der Waals surface area contributed by atoms with Gasteiger partial charge >= 0.3 is 0 Å². The second-order valence-corrected chi connectivity index (χ2v) is 7.30. The van der Waals surface area contributed by atoms with Crippen LogP contribution in [0.15, 0.2) is 12.4 Å². The van der Waals surface area contributed by atoms with Crippen molar-refractivity contribution >= 4 is 15.7 Å². The van der Waals surface area contributed by atoms with Gasteiger partial charge in [0, 0.05) is 18.4 Å². The highest BCUT2D eigenvalue weighted by Gasteiger charge is 2.26. The van der Waals surface area contributed by atoms with Gasteiger partial charge in [-0.2, -0.15) is 0 Å². The molecule has 1 aromatic heterocycles. The Hall–Kier alpha value is -1.37. The Balaban J connectivity index is 1.93. The zero-order chi connectivity index (χ0) is 14.0. The molecule has 0 spiro atoms. The molecule has 2 rings (SSSR count). The minimum absolute atomic E-state index is 0.0395. The van der Waals surface area contributed by atoms with E-state index in [4.69, 9.17) is 0 Å². The van der Waals surface area contributed by atoms with Crippen molar-refractivity contribution in [2.24, 2.45) is 0 Å². The molecule has 0 aliphatic carbocycles. The Morgan fingerprint density at radius 1 is 1.47 bits per heavy atom. The summed E-state index contributed by atoms with van der Waals surface area (Å²) >= 11 is 0. The normalized spacial score (nSPS) is 20.9. The molecule has 1 saturated heterocycles. The van der Waals surface area contributed by atoms with E-state index < -0.39 is 9.84 Å². The lowest BCUT2D eigenvalue weighted by Crippen LogP contribution is -2.43. The SMILES string of the molecule is Cc1nccn1C(C)C(=O)NC1CCS(=O)(=O)CC1. The molecule has 0 bridgehead atoms. The van der Waals surface area contributed by atoms with Gasteiger partial charge in [-0.1, -0.05) is 0 Å². The summed E-state index contributed by atoms with van der Waals surface area (Å²) in [6.45, 7) is 3.65. The molecule has 6 nitrogen and oxygen atoms in total. The first-order chi connectivity index (χ1) is 8.89. The van der Waals surface area contributed by atoms with Crippen LogP contribution in [0.3, 0.4) is 0 Å². The molecule has 106 valence electrons. The summed E-state index contributed by atoms with van der Waals surface area (Å²) in [7, 11) is -2.89. The number of nitrogens with zero attached hydrogens (tertiary/aromatic N) is 2. The first kappa shape index (κ1) is 14.0.